The van der Waals surface area contributed by atoms with Crippen molar-refractivity contribution in [2.75, 3.05) is 12.8 Å². The maximum absolute atomic E-state index is 12.4. The fourth-order valence-electron chi connectivity index (χ4n) is 2.01. The molecule has 0 saturated carbocycles. The lowest BCUT2D eigenvalue weighted by molar-refractivity contribution is 0.466. The largest absolute Gasteiger partial charge is 0.383 e. The Labute approximate surface area is 118 Å². The molecule has 0 unspecified atom stereocenters. The van der Waals surface area contributed by atoms with Gasteiger partial charge in [-0.15, -0.1) is 0 Å². The van der Waals surface area contributed by atoms with Gasteiger partial charge in [-0.25, -0.2) is 8.42 Å². The van der Waals surface area contributed by atoms with Gasteiger partial charge in [0.05, 0.1) is 6.20 Å². The number of hydrogen-bond acceptors (Lipinski definition) is 4. The van der Waals surface area contributed by atoms with Gasteiger partial charge in [0.15, 0.2) is 0 Å². The Hall–Kier alpha value is -1.86. The molecular formula is C13H18N4O2S. The molecule has 7 heteroatoms. The highest BCUT2D eigenvalue weighted by atomic mass is 32.2. The molecule has 1 heterocycles. The van der Waals surface area contributed by atoms with E-state index in [1.165, 1.54) is 17.5 Å². The zero-order chi connectivity index (χ0) is 14.9. The SMILES string of the molecule is Cc1ccc(CN(C)S(=O)(=O)c2cn[nH]c2N)c(C)c1. The van der Waals surface area contributed by atoms with E-state index in [2.05, 4.69) is 10.2 Å². The topological polar surface area (TPSA) is 92.1 Å². The molecule has 0 aliphatic heterocycles. The summed E-state index contributed by atoms with van der Waals surface area (Å²) in [6.45, 7) is 4.26. The quantitative estimate of drug-likeness (QED) is 0.892. The molecule has 0 atom stereocenters. The summed E-state index contributed by atoms with van der Waals surface area (Å²) in [7, 11) is -2.11. The Bertz CT molecular complexity index is 722. The van der Waals surface area contributed by atoms with Crippen molar-refractivity contribution >= 4 is 15.8 Å². The highest BCUT2D eigenvalue weighted by Crippen LogP contribution is 2.21. The Morgan fingerprint density at radius 2 is 2.05 bits per heavy atom. The second kappa shape index (κ2) is 5.26. The number of nitrogens with one attached hydrogen (secondary N) is 1. The van der Waals surface area contributed by atoms with Gasteiger partial charge in [0.2, 0.25) is 10.0 Å². The first-order valence-electron chi connectivity index (χ1n) is 6.13. The molecule has 2 rings (SSSR count). The molecule has 2 aromatic rings. The third-order valence-corrected chi connectivity index (χ3v) is 5.04. The number of rotatable bonds is 4. The van der Waals surface area contributed by atoms with E-state index >= 15 is 0 Å². The number of anilines is 1. The number of sulfonamides is 1. The first-order valence-corrected chi connectivity index (χ1v) is 7.57. The minimum atomic E-state index is -3.64. The number of H-pyrrole nitrogens is 1. The first kappa shape index (κ1) is 14.5. The van der Waals surface area contributed by atoms with Crippen LogP contribution >= 0.6 is 0 Å². The van der Waals surface area contributed by atoms with Crippen LogP contribution in [-0.4, -0.2) is 30.0 Å². The smallest absolute Gasteiger partial charge is 0.248 e. The number of aryl methyl sites for hydroxylation is 2. The number of nitrogens with zero attached hydrogens (tertiary/aromatic N) is 2. The van der Waals surface area contributed by atoms with E-state index in [-0.39, 0.29) is 10.7 Å². The van der Waals surface area contributed by atoms with E-state index in [1.807, 2.05) is 32.0 Å². The average Bonchev–Trinajstić information content (AvgIpc) is 2.79. The van der Waals surface area contributed by atoms with E-state index in [9.17, 15) is 8.42 Å². The molecule has 0 amide bonds. The number of hydrogen-bond donors (Lipinski definition) is 2. The summed E-state index contributed by atoms with van der Waals surface area (Å²) in [5.41, 5.74) is 8.76. The van der Waals surface area contributed by atoms with Crippen molar-refractivity contribution < 1.29 is 8.42 Å². The van der Waals surface area contributed by atoms with E-state index in [4.69, 9.17) is 5.73 Å². The summed E-state index contributed by atoms with van der Waals surface area (Å²) in [6, 6.07) is 5.94. The summed E-state index contributed by atoms with van der Waals surface area (Å²) >= 11 is 0. The van der Waals surface area contributed by atoms with Gasteiger partial charge in [-0.2, -0.15) is 9.40 Å². The maximum Gasteiger partial charge on any atom is 0.248 e. The Morgan fingerprint density at radius 1 is 1.35 bits per heavy atom. The fraction of sp³-hybridized carbons (Fsp3) is 0.308. The molecule has 3 N–H and O–H groups in total. The van der Waals surface area contributed by atoms with Gasteiger partial charge in [0.25, 0.3) is 0 Å². The number of aromatic nitrogens is 2. The molecule has 20 heavy (non-hydrogen) atoms. The first-order chi connectivity index (χ1) is 9.32. The van der Waals surface area contributed by atoms with Crippen molar-refractivity contribution in [2.24, 2.45) is 0 Å². The summed E-state index contributed by atoms with van der Waals surface area (Å²) in [6.07, 6.45) is 1.23. The Balaban J connectivity index is 2.28. The lowest BCUT2D eigenvalue weighted by Crippen LogP contribution is -2.27. The van der Waals surface area contributed by atoms with Crippen molar-refractivity contribution in [1.82, 2.24) is 14.5 Å². The minimum Gasteiger partial charge on any atom is -0.383 e. The maximum atomic E-state index is 12.4. The van der Waals surface area contributed by atoms with Crippen LogP contribution in [0.4, 0.5) is 5.82 Å². The van der Waals surface area contributed by atoms with Crippen LogP contribution in [0, 0.1) is 13.8 Å². The van der Waals surface area contributed by atoms with Crippen molar-refractivity contribution in [1.29, 1.82) is 0 Å². The summed E-state index contributed by atoms with van der Waals surface area (Å²) < 4.78 is 26.0. The van der Waals surface area contributed by atoms with E-state index < -0.39 is 10.0 Å². The molecule has 108 valence electrons. The molecule has 1 aromatic heterocycles. The van der Waals surface area contributed by atoms with Crippen molar-refractivity contribution in [3.63, 3.8) is 0 Å². The molecule has 0 aliphatic carbocycles. The number of aromatic amines is 1. The predicted octanol–water partition coefficient (Wildman–Crippen LogP) is 1.43. The molecule has 0 bridgehead atoms. The zero-order valence-corrected chi connectivity index (χ0v) is 12.5. The van der Waals surface area contributed by atoms with E-state index in [0.29, 0.717) is 6.54 Å². The second-order valence-corrected chi connectivity index (χ2v) is 6.85. The number of nitrogen functional groups attached to an aromatic ring is 1. The number of benzene rings is 1. The summed E-state index contributed by atoms with van der Waals surface area (Å²) in [5, 5.41) is 6.09. The standard InChI is InChI=1S/C13H18N4O2S/c1-9-4-5-11(10(2)6-9)8-17(3)20(18,19)12-7-15-16-13(12)14/h4-7H,8H2,1-3H3,(H3,14,15,16). The summed E-state index contributed by atoms with van der Waals surface area (Å²) in [5.74, 6) is 0.0532. The number of nitrogens with two attached hydrogens (primary N) is 1. The van der Waals surface area contributed by atoms with Crippen LogP contribution in [0.2, 0.25) is 0 Å². The minimum absolute atomic E-state index is 0.00441. The van der Waals surface area contributed by atoms with Crippen molar-refractivity contribution in [3.05, 3.63) is 41.1 Å². The fourth-order valence-corrected chi connectivity index (χ4v) is 3.16. The van der Waals surface area contributed by atoms with Gasteiger partial charge in [0.1, 0.15) is 10.7 Å². The van der Waals surface area contributed by atoms with Gasteiger partial charge >= 0.3 is 0 Å². The predicted molar refractivity (Wildman–Crippen MR) is 77.6 cm³/mol. The highest BCUT2D eigenvalue weighted by Gasteiger charge is 2.25. The van der Waals surface area contributed by atoms with Gasteiger partial charge in [-0.1, -0.05) is 23.8 Å². The molecule has 0 saturated heterocycles. The molecule has 0 aliphatic rings. The van der Waals surface area contributed by atoms with E-state index in [0.717, 1.165) is 16.7 Å². The monoisotopic (exact) mass is 294 g/mol. The molecule has 6 nitrogen and oxygen atoms in total. The van der Waals surface area contributed by atoms with Gasteiger partial charge in [-0.3, -0.25) is 5.10 Å². The van der Waals surface area contributed by atoms with Crippen molar-refractivity contribution in [3.8, 4) is 0 Å². The van der Waals surface area contributed by atoms with Gasteiger partial charge in [-0.05, 0) is 25.0 Å². The van der Waals surface area contributed by atoms with Crippen LogP contribution in [0.15, 0.2) is 29.3 Å². The lowest BCUT2D eigenvalue weighted by atomic mass is 10.1. The second-order valence-electron chi connectivity index (χ2n) is 4.84. The molecule has 0 radical (unpaired) electrons. The van der Waals surface area contributed by atoms with Crippen LogP contribution in [-0.2, 0) is 16.6 Å². The summed E-state index contributed by atoms with van der Waals surface area (Å²) in [4.78, 5) is 0.00441. The zero-order valence-electron chi connectivity index (χ0n) is 11.7. The van der Waals surface area contributed by atoms with Crippen LogP contribution in [0.3, 0.4) is 0 Å². The molecule has 1 aromatic carbocycles. The van der Waals surface area contributed by atoms with Gasteiger partial charge in [0, 0.05) is 13.6 Å². The Morgan fingerprint density at radius 3 is 2.60 bits per heavy atom. The van der Waals surface area contributed by atoms with Crippen LogP contribution in [0.5, 0.6) is 0 Å². The average molecular weight is 294 g/mol. The lowest BCUT2D eigenvalue weighted by Gasteiger charge is -2.18. The van der Waals surface area contributed by atoms with Crippen LogP contribution in [0.1, 0.15) is 16.7 Å². The van der Waals surface area contributed by atoms with Crippen molar-refractivity contribution in [2.45, 2.75) is 25.3 Å². The van der Waals surface area contributed by atoms with E-state index in [1.54, 1.807) is 0 Å². The third kappa shape index (κ3) is 2.68. The van der Waals surface area contributed by atoms with Gasteiger partial charge < -0.3 is 5.73 Å². The van der Waals surface area contributed by atoms with Crippen LogP contribution in [0.25, 0.3) is 0 Å². The van der Waals surface area contributed by atoms with Crippen LogP contribution < -0.4 is 5.73 Å². The molecule has 0 spiro atoms. The third-order valence-electron chi connectivity index (χ3n) is 3.21. The molecular weight excluding hydrogens is 276 g/mol. The highest BCUT2D eigenvalue weighted by molar-refractivity contribution is 7.89. The normalized spacial score (nSPS) is 12.0. The molecule has 0 fully saturated rings. The Kier molecular flexibility index (Phi) is 3.82.